The zero-order chi connectivity index (χ0) is 15.6. The van der Waals surface area contributed by atoms with Crippen molar-refractivity contribution in [2.24, 2.45) is 0 Å². The van der Waals surface area contributed by atoms with E-state index in [0.29, 0.717) is 5.69 Å². The highest BCUT2D eigenvalue weighted by atomic mass is 32.2. The average molecular weight is 312 g/mol. The number of hydrogen-bond donors (Lipinski definition) is 1. The Hall–Kier alpha value is -2.09. The number of nitrogens with zero attached hydrogens (tertiary/aromatic N) is 2. The van der Waals surface area contributed by atoms with Crippen LogP contribution in [-0.2, 0) is 15.6 Å². The van der Waals surface area contributed by atoms with Crippen LogP contribution < -0.4 is 0 Å². The largest absolute Gasteiger partial charge is 0.475 e. The number of furan rings is 1. The van der Waals surface area contributed by atoms with E-state index in [1.807, 2.05) is 13.8 Å². The van der Waals surface area contributed by atoms with Gasteiger partial charge in [-0.2, -0.15) is 5.10 Å². The molecule has 2 aromatic rings. The SMILES string of the molecule is CCC(C)n1ccc(CS(=O)(=O)c2ccc(C(=O)O)o2)n1. The lowest BCUT2D eigenvalue weighted by molar-refractivity contribution is 0.0656. The smallest absolute Gasteiger partial charge is 0.371 e. The van der Waals surface area contributed by atoms with Crippen molar-refractivity contribution in [3.63, 3.8) is 0 Å². The normalized spacial score (nSPS) is 13.2. The van der Waals surface area contributed by atoms with Gasteiger partial charge < -0.3 is 9.52 Å². The molecule has 1 atom stereocenters. The number of carbonyl (C=O) groups is 1. The van der Waals surface area contributed by atoms with Crippen LogP contribution in [0.1, 0.15) is 42.6 Å². The molecule has 1 N–H and O–H groups in total. The monoisotopic (exact) mass is 312 g/mol. The van der Waals surface area contributed by atoms with Crippen LogP contribution in [0.25, 0.3) is 0 Å². The quantitative estimate of drug-likeness (QED) is 0.876. The number of carboxylic acids is 1. The van der Waals surface area contributed by atoms with E-state index in [-0.39, 0.29) is 16.9 Å². The molecule has 0 aromatic carbocycles. The Morgan fingerprint density at radius 1 is 1.43 bits per heavy atom. The molecule has 21 heavy (non-hydrogen) atoms. The number of rotatable bonds is 6. The second kappa shape index (κ2) is 5.72. The number of aromatic carboxylic acids is 1. The lowest BCUT2D eigenvalue weighted by Gasteiger charge is -2.08. The van der Waals surface area contributed by atoms with Crippen LogP contribution in [0.5, 0.6) is 0 Å². The first kappa shape index (κ1) is 15.3. The molecule has 0 amide bonds. The van der Waals surface area contributed by atoms with E-state index in [1.165, 1.54) is 0 Å². The molecule has 0 saturated heterocycles. The second-order valence-corrected chi connectivity index (χ2v) is 6.65. The minimum atomic E-state index is -3.75. The molecule has 2 heterocycles. The maximum Gasteiger partial charge on any atom is 0.371 e. The van der Waals surface area contributed by atoms with Crippen LogP contribution in [0.15, 0.2) is 33.9 Å². The molecule has 114 valence electrons. The molecule has 0 bridgehead atoms. The van der Waals surface area contributed by atoms with Crippen molar-refractivity contribution in [3.8, 4) is 0 Å². The summed E-state index contributed by atoms with van der Waals surface area (Å²) < 4.78 is 30.8. The molecule has 2 aromatic heterocycles. The maximum absolute atomic E-state index is 12.2. The van der Waals surface area contributed by atoms with Gasteiger partial charge in [-0.1, -0.05) is 6.92 Å². The predicted molar refractivity (Wildman–Crippen MR) is 73.8 cm³/mol. The van der Waals surface area contributed by atoms with Crippen LogP contribution in [-0.4, -0.2) is 29.3 Å². The zero-order valence-corrected chi connectivity index (χ0v) is 12.5. The third-order valence-corrected chi connectivity index (χ3v) is 4.65. The topological polar surface area (TPSA) is 102 Å². The molecular formula is C13H16N2O5S. The first-order valence-electron chi connectivity index (χ1n) is 6.43. The number of sulfone groups is 1. The van der Waals surface area contributed by atoms with Crippen molar-refractivity contribution in [3.05, 3.63) is 35.9 Å². The fraction of sp³-hybridized carbons (Fsp3) is 0.385. The van der Waals surface area contributed by atoms with E-state index in [2.05, 4.69) is 5.10 Å². The number of aromatic nitrogens is 2. The number of carboxylic acid groups (broad SMARTS) is 1. The van der Waals surface area contributed by atoms with Crippen molar-refractivity contribution in [2.45, 2.75) is 37.2 Å². The third kappa shape index (κ3) is 3.33. The highest BCUT2D eigenvalue weighted by Gasteiger charge is 2.23. The Kier molecular flexibility index (Phi) is 4.17. The van der Waals surface area contributed by atoms with E-state index in [9.17, 15) is 13.2 Å². The molecule has 0 radical (unpaired) electrons. The van der Waals surface area contributed by atoms with Gasteiger partial charge in [-0.3, -0.25) is 4.68 Å². The molecule has 2 rings (SSSR count). The molecule has 0 aliphatic carbocycles. The Bertz CT molecular complexity index is 744. The highest BCUT2D eigenvalue weighted by Crippen LogP contribution is 2.19. The second-order valence-electron chi connectivity index (χ2n) is 4.73. The molecule has 0 spiro atoms. The van der Waals surface area contributed by atoms with Gasteiger partial charge in [-0.25, -0.2) is 13.2 Å². The fourth-order valence-corrected chi connectivity index (χ4v) is 2.93. The summed E-state index contributed by atoms with van der Waals surface area (Å²) in [4.78, 5) is 10.7. The van der Waals surface area contributed by atoms with E-state index >= 15 is 0 Å². The van der Waals surface area contributed by atoms with Gasteiger partial charge in [0, 0.05) is 12.2 Å². The molecule has 7 nitrogen and oxygen atoms in total. The van der Waals surface area contributed by atoms with E-state index in [0.717, 1.165) is 18.6 Å². The lowest BCUT2D eigenvalue weighted by Crippen LogP contribution is -2.08. The Balaban J connectivity index is 2.20. The van der Waals surface area contributed by atoms with Gasteiger partial charge in [-0.15, -0.1) is 0 Å². The summed E-state index contributed by atoms with van der Waals surface area (Å²) in [6, 6.07) is 4.08. The fourth-order valence-electron chi connectivity index (χ4n) is 1.75. The van der Waals surface area contributed by atoms with Crippen molar-refractivity contribution in [2.75, 3.05) is 0 Å². The summed E-state index contributed by atoms with van der Waals surface area (Å²) in [7, 11) is -3.75. The van der Waals surface area contributed by atoms with Gasteiger partial charge >= 0.3 is 5.97 Å². The summed E-state index contributed by atoms with van der Waals surface area (Å²) in [6.45, 7) is 4.00. The van der Waals surface area contributed by atoms with Crippen LogP contribution in [0, 0.1) is 0 Å². The summed E-state index contributed by atoms with van der Waals surface area (Å²) in [6.07, 6.45) is 2.61. The van der Waals surface area contributed by atoms with Crippen LogP contribution in [0.2, 0.25) is 0 Å². The summed E-state index contributed by atoms with van der Waals surface area (Å²) in [5, 5.41) is 12.6. The molecule has 0 saturated carbocycles. The van der Waals surface area contributed by atoms with Crippen molar-refractivity contribution in [1.82, 2.24) is 9.78 Å². The molecule has 8 heteroatoms. The summed E-state index contributed by atoms with van der Waals surface area (Å²) in [5.41, 5.74) is 0.392. The Morgan fingerprint density at radius 3 is 2.71 bits per heavy atom. The predicted octanol–water partition coefficient (Wildman–Crippen LogP) is 2.12. The molecule has 0 fully saturated rings. The van der Waals surface area contributed by atoms with E-state index in [1.54, 1.807) is 16.9 Å². The van der Waals surface area contributed by atoms with Gasteiger partial charge in [0.05, 0.1) is 5.69 Å². The van der Waals surface area contributed by atoms with Gasteiger partial charge in [0.25, 0.3) is 0 Å². The third-order valence-electron chi connectivity index (χ3n) is 3.14. The van der Waals surface area contributed by atoms with Crippen molar-refractivity contribution < 1.29 is 22.7 Å². The first-order valence-corrected chi connectivity index (χ1v) is 8.08. The molecule has 1 unspecified atom stereocenters. The summed E-state index contributed by atoms with van der Waals surface area (Å²) in [5.74, 6) is -2.04. The zero-order valence-electron chi connectivity index (χ0n) is 11.7. The van der Waals surface area contributed by atoms with Crippen LogP contribution >= 0.6 is 0 Å². The highest BCUT2D eigenvalue weighted by molar-refractivity contribution is 7.90. The minimum Gasteiger partial charge on any atom is -0.475 e. The number of hydrogen-bond acceptors (Lipinski definition) is 5. The molecular weight excluding hydrogens is 296 g/mol. The first-order chi connectivity index (χ1) is 9.83. The van der Waals surface area contributed by atoms with E-state index in [4.69, 9.17) is 9.52 Å². The molecule has 0 aliphatic heterocycles. The van der Waals surface area contributed by atoms with Gasteiger partial charge in [0.2, 0.25) is 20.7 Å². The minimum absolute atomic E-state index is 0.184. The van der Waals surface area contributed by atoms with Crippen molar-refractivity contribution in [1.29, 1.82) is 0 Å². The Labute approximate surface area is 122 Å². The van der Waals surface area contributed by atoms with Gasteiger partial charge in [-0.05, 0) is 31.5 Å². The van der Waals surface area contributed by atoms with Crippen molar-refractivity contribution >= 4 is 15.8 Å². The van der Waals surface area contributed by atoms with E-state index < -0.39 is 21.6 Å². The van der Waals surface area contributed by atoms with Crippen LogP contribution in [0.4, 0.5) is 0 Å². The average Bonchev–Trinajstić information content (AvgIpc) is 3.05. The molecule has 0 aliphatic rings. The summed E-state index contributed by atoms with van der Waals surface area (Å²) >= 11 is 0. The van der Waals surface area contributed by atoms with Crippen LogP contribution in [0.3, 0.4) is 0 Å². The van der Waals surface area contributed by atoms with Gasteiger partial charge in [0.15, 0.2) is 0 Å². The lowest BCUT2D eigenvalue weighted by atomic mass is 10.3. The Morgan fingerprint density at radius 2 is 2.14 bits per heavy atom. The maximum atomic E-state index is 12.2. The van der Waals surface area contributed by atoms with Gasteiger partial charge in [0.1, 0.15) is 5.75 Å². The standard InChI is InChI=1S/C13H16N2O5S/c1-3-9(2)15-7-6-10(14-15)8-21(18,19)12-5-4-11(20-12)13(16)17/h4-7,9H,3,8H2,1-2H3,(H,16,17).